The van der Waals surface area contributed by atoms with Crippen LogP contribution < -0.4 is 0 Å². The summed E-state index contributed by atoms with van der Waals surface area (Å²) in [5.74, 6) is 0. The van der Waals surface area contributed by atoms with Crippen LogP contribution in [0.4, 0.5) is 0 Å². The molecule has 1 fully saturated rings. The summed E-state index contributed by atoms with van der Waals surface area (Å²) in [4.78, 5) is 2.13. The summed E-state index contributed by atoms with van der Waals surface area (Å²) in [7, 11) is 0. The molecular formula is C10H21NO2. The Hall–Kier alpha value is -0.120. The smallest absolute Gasteiger partial charge is 0.0938 e. The number of nitrogens with zero attached hydrogens (tertiary/aromatic N) is 1. The van der Waals surface area contributed by atoms with Crippen LogP contribution in [-0.2, 0) is 0 Å². The van der Waals surface area contributed by atoms with Crippen LogP contribution >= 0.6 is 0 Å². The van der Waals surface area contributed by atoms with E-state index in [-0.39, 0.29) is 0 Å². The van der Waals surface area contributed by atoms with E-state index in [4.69, 9.17) is 0 Å². The molecule has 0 bridgehead atoms. The van der Waals surface area contributed by atoms with Crippen molar-refractivity contribution in [3.05, 3.63) is 0 Å². The van der Waals surface area contributed by atoms with Crippen molar-refractivity contribution >= 4 is 0 Å². The highest BCUT2D eigenvalue weighted by Gasteiger charge is 2.29. The fourth-order valence-corrected chi connectivity index (χ4v) is 1.52. The number of aliphatic hydroxyl groups is 2. The largest absolute Gasteiger partial charge is 0.389 e. The maximum Gasteiger partial charge on any atom is 0.0938 e. The summed E-state index contributed by atoms with van der Waals surface area (Å²) in [5.41, 5.74) is 0.332. The Labute approximate surface area is 80.4 Å². The number of rotatable bonds is 2. The Bertz CT molecular complexity index is 155. The van der Waals surface area contributed by atoms with Crippen molar-refractivity contribution in [3.8, 4) is 0 Å². The minimum absolute atomic E-state index is 0.332. The minimum Gasteiger partial charge on any atom is -0.389 e. The van der Waals surface area contributed by atoms with Crippen LogP contribution in [0.3, 0.4) is 0 Å². The summed E-state index contributed by atoms with van der Waals surface area (Å²) in [6.45, 7) is 8.83. The topological polar surface area (TPSA) is 43.7 Å². The maximum absolute atomic E-state index is 9.31. The van der Waals surface area contributed by atoms with Gasteiger partial charge in [0.15, 0.2) is 0 Å². The van der Waals surface area contributed by atoms with Gasteiger partial charge in [0.2, 0.25) is 0 Å². The first-order valence-electron chi connectivity index (χ1n) is 4.97. The number of hydrogen-bond acceptors (Lipinski definition) is 3. The lowest BCUT2D eigenvalue weighted by Crippen LogP contribution is -2.26. The monoisotopic (exact) mass is 187 g/mol. The summed E-state index contributed by atoms with van der Waals surface area (Å²) < 4.78 is 0. The van der Waals surface area contributed by atoms with Crippen molar-refractivity contribution in [2.75, 3.05) is 19.6 Å². The average Bonchev–Trinajstić information content (AvgIpc) is 2.27. The Morgan fingerprint density at radius 3 is 2.00 bits per heavy atom. The molecule has 2 atom stereocenters. The lowest BCUT2D eigenvalue weighted by atomic mass is 9.92. The molecule has 0 unspecified atom stereocenters. The quantitative estimate of drug-likeness (QED) is 0.660. The van der Waals surface area contributed by atoms with Crippen LogP contribution in [0.15, 0.2) is 0 Å². The molecule has 0 aliphatic carbocycles. The summed E-state index contributed by atoms with van der Waals surface area (Å²) in [6.07, 6.45) is 0.0202. The van der Waals surface area contributed by atoms with Crippen LogP contribution in [0.2, 0.25) is 0 Å². The average molecular weight is 187 g/mol. The van der Waals surface area contributed by atoms with Gasteiger partial charge in [0.05, 0.1) is 12.2 Å². The molecule has 0 aromatic carbocycles. The molecule has 0 aromatic heterocycles. The highest BCUT2D eigenvalue weighted by molar-refractivity contribution is 4.83. The molecule has 1 aliphatic rings. The standard InChI is InChI=1S/C10H21NO2/c1-10(2,3)4-5-11-6-8(12)9(13)7-11/h8-9,12-13H,4-7H2,1-3H3/t8-,9+. The lowest BCUT2D eigenvalue weighted by molar-refractivity contribution is 0.0572. The van der Waals surface area contributed by atoms with Crippen LogP contribution in [-0.4, -0.2) is 47.0 Å². The maximum atomic E-state index is 9.31. The van der Waals surface area contributed by atoms with E-state index in [0.717, 1.165) is 13.0 Å². The van der Waals surface area contributed by atoms with Gasteiger partial charge in [-0.25, -0.2) is 0 Å². The van der Waals surface area contributed by atoms with Crippen LogP contribution in [0.5, 0.6) is 0 Å². The van der Waals surface area contributed by atoms with Crippen molar-refractivity contribution in [2.24, 2.45) is 5.41 Å². The molecule has 0 aromatic rings. The zero-order chi connectivity index (χ0) is 10.1. The molecule has 13 heavy (non-hydrogen) atoms. The third-order valence-corrected chi connectivity index (χ3v) is 2.51. The van der Waals surface area contributed by atoms with Crippen LogP contribution in [0, 0.1) is 5.41 Å². The molecule has 1 saturated heterocycles. The van der Waals surface area contributed by atoms with Crippen molar-refractivity contribution in [3.63, 3.8) is 0 Å². The molecule has 1 rings (SSSR count). The number of likely N-dealkylation sites (tertiary alicyclic amines) is 1. The summed E-state index contributed by atoms with van der Waals surface area (Å²) in [6, 6.07) is 0. The zero-order valence-electron chi connectivity index (χ0n) is 8.82. The van der Waals surface area contributed by atoms with Gasteiger partial charge >= 0.3 is 0 Å². The molecule has 78 valence electrons. The van der Waals surface area contributed by atoms with Gasteiger partial charge in [-0.3, -0.25) is 4.90 Å². The predicted octanol–water partition coefficient (Wildman–Crippen LogP) is 0.460. The number of β-amino-alcohol motifs (C(OH)–C–C–N with tert-alkyl or cyclic N) is 2. The molecule has 3 nitrogen and oxygen atoms in total. The molecule has 0 spiro atoms. The Balaban J connectivity index is 2.25. The van der Waals surface area contributed by atoms with Crippen molar-refractivity contribution in [1.29, 1.82) is 0 Å². The third-order valence-electron chi connectivity index (χ3n) is 2.51. The van der Waals surface area contributed by atoms with Gasteiger partial charge in [-0.05, 0) is 18.4 Å². The van der Waals surface area contributed by atoms with E-state index in [1.807, 2.05) is 0 Å². The van der Waals surface area contributed by atoms with Crippen molar-refractivity contribution in [2.45, 2.75) is 39.4 Å². The van der Waals surface area contributed by atoms with E-state index < -0.39 is 12.2 Å². The minimum atomic E-state index is -0.542. The predicted molar refractivity (Wildman–Crippen MR) is 52.5 cm³/mol. The Morgan fingerprint density at radius 1 is 1.15 bits per heavy atom. The zero-order valence-corrected chi connectivity index (χ0v) is 8.82. The first kappa shape index (κ1) is 11.0. The molecule has 1 aliphatic heterocycles. The Morgan fingerprint density at radius 2 is 1.62 bits per heavy atom. The molecule has 0 amide bonds. The van der Waals surface area contributed by atoms with Crippen LogP contribution in [0.25, 0.3) is 0 Å². The second-order valence-corrected chi connectivity index (χ2v) is 5.20. The normalized spacial score (nSPS) is 31.2. The second kappa shape index (κ2) is 3.95. The highest BCUT2D eigenvalue weighted by Crippen LogP contribution is 2.20. The molecule has 1 heterocycles. The van der Waals surface area contributed by atoms with Gasteiger partial charge in [-0.15, -0.1) is 0 Å². The van der Waals surface area contributed by atoms with E-state index >= 15 is 0 Å². The van der Waals surface area contributed by atoms with Gasteiger partial charge in [0, 0.05) is 13.1 Å². The molecule has 0 radical (unpaired) electrons. The molecule has 3 heteroatoms. The van der Waals surface area contributed by atoms with E-state index in [0.29, 0.717) is 18.5 Å². The molecular weight excluding hydrogens is 166 g/mol. The molecule has 2 N–H and O–H groups in total. The second-order valence-electron chi connectivity index (χ2n) is 5.20. The van der Waals surface area contributed by atoms with Gasteiger partial charge < -0.3 is 10.2 Å². The molecule has 0 saturated carbocycles. The van der Waals surface area contributed by atoms with Gasteiger partial charge in [-0.2, -0.15) is 0 Å². The van der Waals surface area contributed by atoms with E-state index in [9.17, 15) is 10.2 Å². The van der Waals surface area contributed by atoms with E-state index in [1.54, 1.807) is 0 Å². The SMILES string of the molecule is CC(C)(C)CCN1C[C@@H](O)[C@@H](O)C1. The van der Waals surface area contributed by atoms with Gasteiger partial charge in [0.25, 0.3) is 0 Å². The van der Waals surface area contributed by atoms with Crippen LogP contribution in [0.1, 0.15) is 27.2 Å². The highest BCUT2D eigenvalue weighted by atomic mass is 16.3. The third kappa shape index (κ3) is 3.63. The van der Waals surface area contributed by atoms with E-state index in [1.165, 1.54) is 0 Å². The number of hydrogen-bond donors (Lipinski definition) is 2. The van der Waals surface area contributed by atoms with E-state index in [2.05, 4.69) is 25.7 Å². The fraction of sp³-hybridized carbons (Fsp3) is 1.00. The number of aliphatic hydroxyl groups excluding tert-OH is 2. The fourth-order valence-electron chi connectivity index (χ4n) is 1.52. The summed E-state index contributed by atoms with van der Waals surface area (Å²) >= 11 is 0. The summed E-state index contributed by atoms with van der Waals surface area (Å²) in [5, 5.41) is 18.6. The first-order valence-corrected chi connectivity index (χ1v) is 4.97. The van der Waals surface area contributed by atoms with Crippen molar-refractivity contribution in [1.82, 2.24) is 4.90 Å². The van der Waals surface area contributed by atoms with Crippen molar-refractivity contribution < 1.29 is 10.2 Å². The van der Waals surface area contributed by atoms with Gasteiger partial charge in [-0.1, -0.05) is 20.8 Å². The van der Waals surface area contributed by atoms with Gasteiger partial charge in [0.1, 0.15) is 0 Å². The lowest BCUT2D eigenvalue weighted by Gasteiger charge is -2.22. The first-order chi connectivity index (χ1) is 5.88. The Kier molecular flexibility index (Phi) is 3.33.